The number of hydrogen-bond donors (Lipinski definition) is 0. The van der Waals surface area contributed by atoms with Gasteiger partial charge in [-0.25, -0.2) is 4.98 Å². The fourth-order valence-electron chi connectivity index (χ4n) is 1.84. The minimum absolute atomic E-state index is 0.0279. The highest BCUT2D eigenvalue weighted by Gasteiger charge is 2.16. The first-order valence-corrected chi connectivity index (χ1v) is 8.18. The van der Waals surface area contributed by atoms with Gasteiger partial charge < -0.3 is 9.47 Å². The number of nitrogens with zero attached hydrogens (tertiary/aromatic N) is 2. The van der Waals surface area contributed by atoms with Crippen LogP contribution in [0.25, 0.3) is 0 Å². The second-order valence-corrected chi connectivity index (χ2v) is 5.23. The Hall–Kier alpha value is -1.94. The number of aromatic nitrogens is 2. The van der Waals surface area contributed by atoms with Crippen LogP contribution in [0.2, 0.25) is 0 Å². The fraction of sp³-hybridized carbons (Fsp3) is 0.474. The second kappa shape index (κ2) is 9.95. The van der Waals surface area contributed by atoms with E-state index >= 15 is 0 Å². The molecule has 2 atom stereocenters. The molecule has 2 aromatic rings. The topological polar surface area (TPSA) is 44.2 Å². The summed E-state index contributed by atoms with van der Waals surface area (Å²) in [4.78, 5) is 8.47. The lowest BCUT2D eigenvalue weighted by Gasteiger charge is -2.22. The minimum Gasteiger partial charge on any atom is -0.472 e. The maximum absolute atomic E-state index is 5.90. The van der Waals surface area contributed by atoms with Gasteiger partial charge in [0.2, 0.25) is 5.88 Å². The Morgan fingerprint density at radius 2 is 1.65 bits per heavy atom. The Balaban J connectivity index is 0.00000127. The van der Waals surface area contributed by atoms with E-state index in [1.165, 1.54) is 0 Å². The number of aryl methyl sites for hydroxylation is 2. The predicted molar refractivity (Wildman–Crippen MR) is 93.6 cm³/mol. The Labute approximate surface area is 139 Å². The van der Waals surface area contributed by atoms with Gasteiger partial charge in [-0.1, -0.05) is 44.2 Å². The predicted octanol–water partition coefficient (Wildman–Crippen LogP) is 4.49. The summed E-state index contributed by atoms with van der Waals surface area (Å²) in [5.74, 6) is 1.34. The quantitative estimate of drug-likeness (QED) is 0.787. The first kappa shape index (κ1) is 19.1. The molecule has 1 aromatic carbocycles. The molecule has 2 rings (SSSR count). The van der Waals surface area contributed by atoms with Crippen LogP contribution >= 0.6 is 0 Å². The van der Waals surface area contributed by atoms with Crippen LogP contribution in [0.1, 0.15) is 44.6 Å². The summed E-state index contributed by atoms with van der Waals surface area (Å²) >= 11 is 0. The molecular formula is C19H28N2O2. The lowest BCUT2D eigenvalue weighted by molar-refractivity contribution is -0.0182. The van der Waals surface area contributed by atoms with Crippen LogP contribution in [-0.4, -0.2) is 22.2 Å². The van der Waals surface area contributed by atoms with Gasteiger partial charge in [0.25, 0.3) is 0 Å². The van der Waals surface area contributed by atoms with Crippen molar-refractivity contribution < 1.29 is 9.47 Å². The average Bonchev–Trinajstić information content (AvgIpc) is 2.58. The summed E-state index contributed by atoms with van der Waals surface area (Å²) < 4.78 is 11.8. The van der Waals surface area contributed by atoms with Gasteiger partial charge in [0, 0.05) is 11.8 Å². The van der Waals surface area contributed by atoms with E-state index in [0.29, 0.717) is 18.3 Å². The van der Waals surface area contributed by atoms with Gasteiger partial charge in [0.1, 0.15) is 11.9 Å². The van der Waals surface area contributed by atoms with E-state index in [-0.39, 0.29) is 12.2 Å². The summed E-state index contributed by atoms with van der Waals surface area (Å²) in [5.41, 5.74) is 2.09. The molecule has 0 saturated carbocycles. The van der Waals surface area contributed by atoms with Crippen LogP contribution in [0.15, 0.2) is 36.5 Å². The third kappa shape index (κ3) is 6.37. The van der Waals surface area contributed by atoms with E-state index in [0.717, 1.165) is 11.1 Å². The van der Waals surface area contributed by atoms with Crippen molar-refractivity contribution in [2.24, 2.45) is 0 Å². The third-order valence-electron chi connectivity index (χ3n) is 3.36. The van der Waals surface area contributed by atoms with E-state index in [2.05, 4.69) is 22.1 Å². The summed E-state index contributed by atoms with van der Waals surface area (Å²) in [5, 5.41) is 0. The van der Waals surface area contributed by atoms with Gasteiger partial charge in [-0.3, -0.25) is 0 Å². The van der Waals surface area contributed by atoms with Gasteiger partial charge in [-0.15, -0.1) is 0 Å². The van der Waals surface area contributed by atoms with Crippen molar-refractivity contribution in [1.82, 2.24) is 9.97 Å². The van der Waals surface area contributed by atoms with Crippen molar-refractivity contribution in [3.8, 4) is 5.88 Å². The Kier molecular flexibility index (Phi) is 8.27. The highest BCUT2D eigenvalue weighted by atomic mass is 16.5. The first-order valence-electron chi connectivity index (χ1n) is 8.18. The lowest BCUT2D eigenvalue weighted by Crippen LogP contribution is -2.29. The zero-order valence-corrected chi connectivity index (χ0v) is 15.0. The molecule has 0 fully saturated rings. The maximum Gasteiger partial charge on any atom is 0.219 e. The summed E-state index contributed by atoms with van der Waals surface area (Å²) in [6.07, 6.45) is 1.67. The van der Waals surface area contributed by atoms with Crippen molar-refractivity contribution in [3.05, 3.63) is 53.5 Å². The maximum atomic E-state index is 5.90. The van der Waals surface area contributed by atoms with Crippen LogP contribution in [0.4, 0.5) is 0 Å². The third-order valence-corrected chi connectivity index (χ3v) is 3.36. The first-order chi connectivity index (χ1) is 11.1. The largest absolute Gasteiger partial charge is 0.472 e. The number of hydrogen-bond acceptors (Lipinski definition) is 4. The summed E-state index contributed by atoms with van der Waals surface area (Å²) in [6.45, 7) is 12.4. The van der Waals surface area contributed by atoms with Gasteiger partial charge in [0.05, 0.1) is 12.7 Å². The smallest absolute Gasteiger partial charge is 0.219 e. The highest BCUT2D eigenvalue weighted by Crippen LogP contribution is 2.17. The number of rotatable bonds is 6. The molecule has 1 aromatic heterocycles. The molecule has 23 heavy (non-hydrogen) atoms. The van der Waals surface area contributed by atoms with Crippen molar-refractivity contribution >= 4 is 0 Å². The van der Waals surface area contributed by atoms with E-state index in [1.54, 1.807) is 6.20 Å². The number of benzene rings is 1. The van der Waals surface area contributed by atoms with Gasteiger partial charge >= 0.3 is 0 Å². The van der Waals surface area contributed by atoms with Crippen LogP contribution in [0.5, 0.6) is 5.88 Å². The van der Waals surface area contributed by atoms with Gasteiger partial charge in [-0.2, -0.15) is 4.98 Å². The van der Waals surface area contributed by atoms with Gasteiger partial charge in [0.15, 0.2) is 0 Å². The summed E-state index contributed by atoms with van der Waals surface area (Å²) in [7, 11) is 0. The van der Waals surface area contributed by atoms with E-state index in [9.17, 15) is 0 Å². The van der Waals surface area contributed by atoms with Gasteiger partial charge in [-0.05, 0) is 33.3 Å². The van der Waals surface area contributed by atoms with Crippen LogP contribution in [0.3, 0.4) is 0 Å². The minimum atomic E-state index is -0.0817. The van der Waals surface area contributed by atoms with E-state index in [1.807, 2.05) is 59.7 Å². The van der Waals surface area contributed by atoms with E-state index < -0.39 is 0 Å². The van der Waals surface area contributed by atoms with Crippen molar-refractivity contribution in [2.45, 2.75) is 60.4 Å². The zero-order valence-electron chi connectivity index (χ0n) is 15.0. The van der Waals surface area contributed by atoms with Crippen LogP contribution in [-0.2, 0) is 11.3 Å². The Bertz CT molecular complexity index is 573. The highest BCUT2D eigenvalue weighted by molar-refractivity contribution is 5.21. The summed E-state index contributed by atoms with van der Waals surface area (Å²) in [6, 6.07) is 10.1. The Morgan fingerprint density at radius 3 is 2.30 bits per heavy atom. The fourth-order valence-corrected chi connectivity index (χ4v) is 1.84. The molecule has 0 aliphatic heterocycles. The van der Waals surface area contributed by atoms with E-state index in [4.69, 9.17) is 9.47 Å². The molecule has 0 bridgehead atoms. The molecular weight excluding hydrogens is 288 g/mol. The molecule has 126 valence electrons. The zero-order chi connectivity index (χ0) is 17.2. The molecule has 0 amide bonds. The molecule has 0 saturated heterocycles. The normalized spacial score (nSPS) is 12.8. The monoisotopic (exact) mass is 316 g/mol. The molecule has 0 radical (unpaired) electrons. The lowest BCUT2D eigenvalue weighted by atomic mass is 10.2. The average molecular weight is 316 g/mol. The SMILES string of the molecule is CC.Cc1ncc(C)c(O[C@H](C)[C@@H](C)OCc2ccccc2)n1. The van der Waals surface area contributed by atoms with Crippen LogP contribution in [0, 0.1) is 13.8 Å². The molecule has 0 aliphatic carbocycles. The molecule has 1 heterocycles. The van der Waals surface area contributed by atoms with Crippen LogP contribution < -0.4 is 4.74 Å². The van der Waals surface area contributed by atoms with Crippen molar-refractivity contribution in [1.29, 1.82) is 0 Å². The standard InChI is InChI=1S/C17H22N2O2.C2H6/c1-12-10-18-15(4)19-17(12)21-14(3)13(2)20-11-16-8-6-5-7-9-16;1-2/h5-10,13-14H,11H2,1-4H3;1-2H3/t13-,14-;/m1./s1. The number of ether oxygens (including phenoxy) is 2. The molecule has 0 N–H and O–H groups in total. The molecule has 0 unspecified atom stereocenters. The Morgan fingerprint density at radius 1 is 1.00 bits per heavy atom. The molecule has 0 aliphatic rings. The molecule has 0 spiro atoms. The molecule has 4 nitrogen and oxygen atoms in total. The van der Waals surface area contributed by atoms with Crippen molar-refractivity contribution in [2.75, 3.05) is 0 Å². The van der Waals surface area contributed by atoms with Crippen molar-refractivity contribution in [3.63, 3.8) is 0 Å². The second-order valence-electron chi connectivity index (χ2n) is 5.23. The molecule has 4 heteroatoms.